The lowest BCUT2D eigenvalue weighted by atomic mass is 10.1. The third-order valence-corrected chi connectivity index (χ3v) is 5.20. The molecule has 0 fully saturated rings. The summed E-state index contributed by atoms with van der Waals surface area (Å²) < 4.78 is 4.98. The summed E-state index contributed by atoms with van der Waals surface area (Å²) in [5.41, 5.74) is 1.97. The van der Waals surface area contributed by atoms with Crippen molar-refractivity contribution < 1.29 is 24.5 Å². The molecule has 1 aliphatic rings. The lowest BCUT2D eigenvalue weighted by molar-refractivity contribution is 0.0525. The van der Waals surface area contributed by atoms with E-state index in [2.05, 4.69) is 5.32 Å². The summed E-state index contributed by atoms with van der Waals surface area (Å²) in [6.45, 7) is 3.72. The molecule has 2 aromatic rings. The van der Waals surface area contributed by atoms with Gasteiger partial charge in [0, 0.05) is 11.3 Å². The van der Waals surface area contributed by atoms with Gasteiger partial charge in [0.15, 0.2) is 12.5 Å². The van der Waals surface area contributed by atoms with E-state index in [0.717, 1.165) is 6.29 Å². The lowest BCUT2D eigenvalue weighted by Crippen LogP contribution is -2.47. The Kier molecular flexibility index (Phi) is 4.76. The van der Waals surface area contributed by atoms with E-state index in [1.807, 2.05) is 0 Å². The number of carbonyl (C=O) groups excluding carboxylic acids is 2. The van der Waals surface area contributed by atoms with E-state index >= 15 is 0 Å². The fraction of sp³-hybridized carbons (Fsp3) is 0.294. The number of hydrogen-bond acceptors (Lipinski definition) is 8. The van der Waals surface area contributed by atoms with E-state index in [9.17, 15) is 19.8 Å². The summed E-state index contributed by atoms with van der Waals surface area (Å²) in [4.78, 5) is 24.9. The fourth-order valence-corrected chi connectivity index (χ4v) is 3.89. The van der Waals surface area contributed by atoms with Crippen molar-refractivity contribution in [3.63, 3.8) is 0 Å². The van der Waals surface area contributed by atoms with Crippen molar-refractivity contribution in [3.05, 3.63) is 45.8 Å². The Bertz CT molecular complexity index is 819. The SMILES string of the molecule is CCOC(=O)c1cccc(N2C(O)Nc3sc(C=O)c(C)c3C2O)c1. The Morgan fingerprint density at radius 2 is 2.20 bits per heavy atom. The molecular weight excluding hydrogens is 344 g/mol. The molecule has 2 atom stereocenters. The maximum absolute atomic E-state index is 11.9. The second-order valence-corrected chi connectivity index (χ2v) is 6.57. The summed E-state index contributed by atoms with van der Waals surface area (Å²) in [5, 5.41) is 24.6. The summed E-state index contributed by atoms with van der Waals surface area (Å²) >= 11 is 1.18. The largest absolute Gasteiger partial charge is 0.462 e. The van der Waals surface area contributed by atoms with E-state index in [-0.39, 0.29) is 6.61 Å². The first-order chi connectivity index (χ1) is 12.0. The highest BCUT2D eigenvalue weighted by molar-refractivity contribution is 7.18. The monoisotopic (exact) mass is 362 g/mol. The molecule has 2 unspecified atom stereocenters. The average molecular weight is 362 g/mol. The molecule has 132 valence electrons. The fourth-order valence-electron chi connectivity index (χ4n) is 2.83. The van der Waals surface area contributed by atoms with Gasteiger partial charge in [-0.1, -0.05) is 6.07 Å². The van der Waals surface area contributed by atoms with Crippen LogP contribution in [0, 0.1) is 6.92 Å². The number of benzene rings is 1. The van der Waals surface area contributed by atoms with Crippen LogP contribution in [0.25, 0.3) is 0 Å². The molecule has 1 aromatic carbocycles. The zero-order valence-electron chi connectivity index (χ0n) is 13.7. The topological polar surface area (TPSA) is 99.1 Å². The molecule has 0 radical (unpaired) electrons. The highest BCUT2D eigenvalue weighted by Crippen LogP contribution is 2.43. The van der Waals surface area contributed by atoms with E-state index in [1.165, 1.54) is 16.2 Å². The molecule has 3 N–H and O–H groups in total. The number of aliphatic hydroxyl groups is 2. The van der Waals surface area contributed by atoms with E-state index < -0.39 is 18.5 Å². The number of esters is 1. The number of fused-ring (bicyclic) bond motifs is 1. The smallest absolute Gasteiger partial charge is 0.338 e. The van der Waals surface area contributed by atoms with Crippen LogP contribution in [0.2, 0.25) is 0 Å². The second-order valence-electron chi connectivity index (χ2n) is 5.52. The highest BCUT2D eigenvalue weighted by Gasteiger charge is 2.36. The van der Waals surface area contributed by atoms with Gasteiger partial charge in [-0.15, -0.1) is 11.3 Å². The maximum atomic E-state index is 11.9. The zero-order chi connectivity index (χ0) is 18.1. The standard InChI is InChI=1S/C17H18N2O5S/c1-3-24-16(22)10-5-4-6-11(7-10)19-15(21)13-9(2)12(8-20)25-14(13)18-17(19)23/h4-8,15,17-18,21,23H,3H2,1-2H3. The van der Waals surface area contributed by atoms with Gasteiger partial charge in [0.2, 0.25) is 6.35 Å². The molecule has 25 heavy (non-hydrogen) atoms. The zero-order valence-corrected chi connectivity index (χ0v) is 14.5. The predicted octanol–water partition coefficient (Wildman–Crippen LogP) is 2.24. The number of nitrogens with one attached hydrogen (secondary N) is 1. The van der Waals surface area contributed by atoms with Gasteiger partial charge >= 0.3 is 5.97 Å². The molecule has 8 heteroatoms. The molecule has 1 aliphatic heterocycles. The molecule has 1 aromatic heterocycles. The molecule has 0 aliphatic carbocycles. The van der Waals surface area contributed by atoms with Crippen LogP contribution >= 0.6 is 11.3 Å². The van der Waals surface area contributed by atoms with Crippen molar-refractivity contribution in [1.29, 1.82) is 0 Å². The molecule has 0 bridgehead atoms. The summed E-state index contributed by atoms with van der Waals surface area (Å²) in [6, 6.07) is 6.46. The third kappa shape index (κ3) is 2.99. The lowest BCUT2D eigenvalue weighted by Gasteiger charge is -2.39. The van der Waals surface area contributed by atoms with E-state index in [0.29, 0.717) is 32.3 Å². The number of ether oxygens (including phenoxy) is 1. The Labute approximate surface area is 148 Å². The van der Waals surface area contributed by atoms with Crippen LogP contribution in [-0.2, 0) is 4.74 Å². The quantitative estimate of drug-likeness (QED) is 0.567. The minimum absolute atomic E-state index is 0.255. The van der Waals surface area contributed by atoms with Gasteiger partial charge in [0.25, 0.3) is 0 Å². The molecule has 0 saturated heterocycles. The summed E-state index contributed by atoms with van der Waals surface area (Å²) in [7, 11) is 0. The predicted molar refractivity (Wildman–Crippen MR) is 93.9 cm³/mol. The number of rotatable bonds is 4. The van der Waals surface area contributed by atoms with Gasteiger partial charge in [-0.05, 0) is 37.6 Å². The van der Waals surface area contributed by atoms with Crippen LogP contribution in [0.4, 0.5) is 10.7 Å². The van der Waals surface area contributed by atoms with Crippen LogP contribution in [0.5, 0.6) is 0 Å². The molecule has 0 saturated carbocycles. The van der Waals surface area contributed by atoms with Gasteiger partial charge in [-0.3, -0.25) is 9.69 Å². The number of aldehydes is 1. The number of aliphatic hydroxyl groups excluding tert-OH is 2. The number of hydrogen-bond donors (Lipinski definition) is 3. The third-order valence-electron chi connectivity index (χ3n) is 4.04. The number of thiophene rings is 1. The first-order valence-electron chi connectivity index (χ1n) is 7.74. The number of nitrogens with zero attached hydrogens (tertiary/aromatic N) is 1. The van der Waals surface area contributed by atoms with Crippen molar-refractivity contribution >= 4 is 34.3 Å². The summed E-state index contributed by atoms with van der Waals surface area (Å²) in [6.07, 6.45) is -1.64. The first kappa shape index (κ1) is 17.4. The second kappa shape index (κ2) is 6.83. The molecule has 2 heterocycles. The molecule has 7 nitrogen and oxygen atoms in total. The van der Waals surface area contributed by atoms with Crippen LogP contribution in [0.3, 0.4) is 0 Å². The first-order valence-corrected chi connectivity index (χ1v) is 8.56. The van der Waals surface area contributed by atoms with Gasteiger partial charge in [0.05, 0.1) is 17.0 Å². The van der Waals surface area contributed by atoms with Crippen molar-refractivity contribution in [2.45, 2.75) is 26.4 Å². The summed E-state index contributed by atoms with van der Waals surface area (Å²) in [5.74, 6) is -0.478. The Morgan fingerprint density at radius 1 is 1.44 bits per heavy atom. The van der Waals surface area contributed by atoms with Gasteiger partial charge in [-0.25, -0.2) is 4.79 Å². The van der Waals surface area contributed by atoms with Crippen molar-refractivity contribution in [2.75, 3.05) is 16.8 Å². The number of anilines is 2. The van der Waals surface area contributed by atoms with E-state index in [1.54, 1.807) is 38.1 Å². The van der Waals surface area contributed by atoms with Gasteiger partial charge in [-0.2, -0.15) is 0 Å². The normalized spacial score (nSPS) is 19.1. The van der Waals surface area contributed by atoms with Gasteiger partial charge < -0.3 is 20.3 Å². The molecular formula is C17H18N2O5S. The minimum atomic E-state index is -1.21. The van der Waals surface area contributed by atoms with Crippen molar-refractivity contribution in [1.82, 2.24) is 0 Å². The van der Waals surface area contributed by atoms with Crippen molar-refractivity contribution in [2.24, 2.45) is 0 Å². The minimum Gasteiger partial charge on any atom is -0.462 e. The van der Waals surface area contributed by atoms with Crippen LogP contribution in [-0.4, -0.2) is 35.4 Å². The molecule has 0 amide bonds. The molecule has 3 rings (SSSR count). The Hall–Kier alpha value is -2.42. The van der Waals surface area contributed by atoms with Crippen molar-refractivity contribution in [3.8, 4) is 0 Å². The van der Waals surface area contributed by atoms with Crippen LogP contribution in [0.1, 0.15) is 44.3 Å². The highest BCUT2D eigenvalue weighted by atomic mass is 32.1. The average Bonchev–Trinajstić information content (AvgIpc) is 2.91. The molecule has 0 spiro atoms. The van der Waals surface area contributed by atoms with Crippen LogP contribution in [0.15, 0.2) is 24.3 Å². The Balaban J connectivity index is 2.00. The van der Waals surface area contributed by atoms with E-state index in [4.69, 9.17) is 4.74 Å². The van der Waals surface area contributed by atoms with Crippen LogP contribution < -0.4 is 10.2 Å². The van der Waals surface area contributed by atoms with Gasteiger partial charge in [0.1, 0.15) is 5.00 Å². The maximum Gasteiger partial charge on any atom is 0.338 e. The number of carbonyl (C=O) groups is 2. The Morgan fingerprint density at radius 3 is 2.88 bits per heavy atom.